The van der Waals surface area contributed by atoms with Crippen LogP contribution in [0.2, 0.25) is 0 Å². The summed E-state index contributed by atoms with van der Waals surface area (Å²) in [4.78, 5) is 0. The third kappa shape index (κ3) is 1.29. The Balaban J connectivity index is 1.57. The number of allylic oxidation sites excluding steroid dienone is 2. The first-order valence-electron chi connectivity index (χ1n) is 9.07. The Morgan fingerprint density at radius 3 is 2.04 bits per heavy atom. The fourth-order valence-electron chi connectivity index (χ4n) is 6.60. The van der Waals surface area contributed by atoms with Crippen molar-refractivity contribution < 1.29 is 10.2 Å². The number of aromatic hydroxyl groups is 2. The zero-order valence-electron chi connectivity index (χ0n) is 13.7. The number of aromatic nitrogens is 1. The SMILES string of the molecule is Cc1ccccc1-n1c(O)c2c(c1O)C1CC2C2C3C=CC(C3)C12. The lowest BCUT2D eigenvalue weighted by molar-refractivity contribution is 0.298. The van der Waals surface area contributed by atoms with Crippen LogP contribution in [0.15, 0.2) is 36.4 Å². The molecule has 4 aliphatic rings. The van der Waals surface area contributed by atoms with Gasteiger partial charge in [0, 0.05) is 11.1 Å². The minimum Gasteiger partial charge on any atom is -0.494 e. The molecule has 1 aromatic carbocycles. The number of nitrogens with zero attached hydrogens (tertiary/aromatic N) is 1. The van der Waals surface area contributed by atoms with Crippen LogP contribution in [0.5, 0.6) is 11.8 Å². The van der Waals surface area contributed by atoms with Gasteiger partial charge in [-0.1, -0.05) is 30.4 Å². The number of aryl methyl sites for hydroxylation is 1. The zero-order chi connectivity index (χ0) is 16.2. The lowest BCUT2D eigenvalue weighted by atomic mass is 9.72. The summed E-state index contributed by atoms with van der Waals surface area (Å²) in [6, 6.07) is 7.94. The Bertz CT molecular complexity index is 861. The van der Waals surface area contributed by atoms with Crippen molar-refractivity contribution in [3.05, 3.63) is 53.1 Å². The highest BCUT2D eigenvalue weighted by Gasteiger charge is 2.62. The summed E-state index contributed by atoms with van der Waals surface area (Å²) in [6.45, 7) is 2.02. The van der Waals surface area contributed by atoms with Gasteiger partial charge in [0.1, 0.15) is 0 Å². The van der Waals surface area contributed by atoms with Gasteiger partial charge in [0.05, 0.1) is 5.69 Å². The predicted molar refractivity (Wildman–Crippen MR) is 91.7 cm³/mol. The quantitative estimate of drug-likeness (QED) is 0.610. The highest BCUT2D eigenvalue weighted by atomic mass is 16.3. The summed E-state index contributed by atoms with van der Waals surface area (Å²) in [5, 5.41) is 22.0. The highest BCUT2D eigenvalue weighted by Crippen LogP contribution is 2.72. The molecule has 4 bridgehead atoms. The second kappa shape index (κ2) is 4.08. The van der Waals surface area contributed by atoms with Crippen LogP contribution in [-0.4, -0.2) is 14.8 Å². The van der Waals surface area contributed by atoms with Crippen molar-refractivity contribution in [2.24, 2.45) is 23.7 Å². The van der Waals surface area contributed by atoms with Crippen molar-refractivity contribution in [1.29, 1.82) is 0 Å². The molecule has 2 saturated carbocycles. The molecule has 1 aromatic heterocycles. The summed E-state index contributed by atoms with van der Waals surface area (Å²) in [7, 11) is 0. The maximum atomic E-state index is 11.0. The molecule has 1 heterocycles. The summed E-state index contributed by atoms with van der Waals surface area (Å²) < 4.78 is 1.68. The number of rotatable bonds is 1. The van der Waals surface area contributed by atoms with E-state index in [1.165, 1.54) is 6.42 Å². The Hall–Kier alpha value is -2.16. The van der Waals surface area contributed by atoms with Crippen molar-refractivity contribution in [1.82, 2.24) is 4.57 Å². The van der Waals surface area contributed by atoms with Gasteiger partial charge in [0.15, 0.2) is 0 Å². The fourth-order valence-corrected chi connectivity index (χ4v) is 6.60. The Morgan fingerprint density at radius 1 is 0.875 bits per heavy atom. The second-order valence-electron chi connectivity index (χ2n) is 8.15. The topological polar surface area (TPSA) is 45.4 Å². The second-order valence-corrected chi connectivity index (χ2v) is 8.15. The van der Waals surface area contributed by atoms with Crippen LogP contribution in [0.4, 0.5) is 0 Å². The molecule has 6 unspecified atom stereocenters. The van der Waals surface area contributed by atoms with E-state index in [2.05, 4.69) is 12.2 Å². The van der Waals surface area contributed by atoms with E-state index < -0.39 is 0 Å². The van der Waals surface area contributed by atoms with Gasteiger partial charge in [0.25, 0.3) is 0 Å². The van der Waals surface area contributed by atoms with Gasteiger partial charge in [-0.15, -0.1) is 0 Å². The molecular weight excluding hydrogens is 298 g/mol. The van der Waals surface area contributed by atoms with Crippen LogP contribution in [0.25, 0.3) is 5.69 Å². The van der Waals surface area contributed by atoms with Crippen molar-refractivity contribution in [2.45, 2.75) is 31.6 Å². The number of fused-ring (bicyclic) bond motifs is 12. The molecule has 6 rings (SSSR count). The average molecular weight is 319 g/mol. The van der Waals surface area contributed by atoms with E-state index in [9.17, 15) is 10.2 Å². The molecule has 24 heavy (non-hydrogen) atoms. The molecule has 0 amide bonds. The Morgan fingerprint density at radius 2 is 1.46 bits per heavy atom. The largest absolute Gasteiger partial charge is 0.494 e. The van der Waals surface area contributed by atoms with E-state index in [-0.39, 0.29) is 11.8 Å². The molecule has 2 aromatic rings. The molecular formula is C21H21NO2. The van der Waals surface area contributed by atoms with Gasteiger partial charge in [-0.25, -0.2) is 0 Å². The van der Waals surface area contributed by atoms with Crippen LogP contribution in [0, 0.1) is 30.6 Å². The summed E-state index contributed by atoms with van der Waals surface area (Å²) in [5.74, 6) is 4.12. The van der Waals surface area contributed by atoms with E-state index in [0.29, 0.717) is 35.5 Å². The van der Waals surface area contributed by atoms with Gasteiger partial charge in [0.2, 0.25) is 11.8 Å². The van der Waals surface area contributed by atoms with E-state index >= 15 is 0 Å². The number of hydrogen-bond donors (Lipinski definition) is 2. The molecule has 0 aliphatic heterocycles. The van der Waals surface area contributed by atoms with Crippen molar-refractivity contribution in [3.8, 4) is 17.4 Å². The standard InChI is InChI=1S/C21H21NO2/c1-10-4-2-3-5-15(10)22-20(23)18-13-9-14(19(18)21(22)24)17-12-7-6-11(8-12)16(13)17/h2-7,11-14,16-17,23-24H,8-9H2,1H3. The maximum absolute atomic E-state index is 11.0. The molecule has 0 spiro atoms. The van der Waals surface area contributed by atoms with Crippen molar-refractivity contribution >= 4 is 0 Å². The van der Waals surface area contributed by atoms with E-state index in [1.54, 1.807) is 4.57 Å². The molecule has 0 saturated heterocycles. The molecule has 3 nitrogen and oxygen atoms in total. The number of benzene rings is 1. The zero-order valence-corrected chi connectivity index (χ0v) is 13.7. The van der Waals surface area contributed by atoms with Gasteiger partial charge in [-0.2, -0.15) is 0 Å². The fraction of sp³-hybridized carbons (Fsp3) is 0.429. The number of hydrogen-bond acceptors (Lipinski definition) is 2. The maximum Gasteiger partial charge on any atom is 0.202 e. The molecule has 2 N–H and O–H groups in total. The first kappa shape index (κ1) is 13.2. The van der Waals surface area contributed by atoms with E-state index in [1.807, 2.05) is 31.2 Å². The van der Waals surface area contributed by atoms with E-state index in [0.717, 1.165) is 28.8 Å². The van der Waals surface area contributed by atoms with Gasteiger partial charge >= 0.3 is 0 Å². The minimum absolute atomic E-state index is 0.273. The molecule has 3 heteroatoms. The number of para-hydroxylation sites is 1. The average Bonchev–Trinajstić information content (AvgIpc) is 3.35. The molecule has 4 aliphatic carbocycles. The van der Waals surface area contributed by atoms with Crippen LogP contribution < -0.4 is 0 Å². The molecule has 6 atom stereocenters. The third-order valence-electron chi connectivity index (χ3n) is 7.31. The predicted octanol–water partition coefficient (Wildman–Crippen LogP) is 4.22. The van der Waals surface area contributed by atoms with Crippen LogP contribution in [0.3, 0.4) is 0 Å². The lowest BCUT2D eigenvalue weighted by Gasteiger charge is -2.31. The van der Waals surface area contributed by atoms with Gasteiger partial charge in [-0.05, 0) is 66.9 Å². The lowest BCUT2D eigenvalue weighted by Crippen LogP contribution is -2.24. The Kier molecular flexibility index (Phi) is 2.24. The first-order valence-corrected chi connectivity index (χ1v) is 9.07. The van der Waals surface area contributed by atoms with Crippen molar-refractivity contribution in [3.63, 3.8) is 0 Å². The van der Waals surface area contributed by atoms with Gasteiger partial charge in [-0.3, -0.25) is 4.57 Å². The summed E-state index contributed by atoms with van der Waals surface area (Å²) >= 11 is 0. The Labute approximate surface area is 141 Å². The first-order chi connectivity index (χ1) is 11.7. The van der Waals surface area contributed by atoms with Crippen LogP contribution in [0.1, 0.15) is 41.4 Å². The van der Waals surface area contributed by atoms with E-state index in [4.69, 9.17) is 0 Å². The minimum atomic E-state index is 0.273. The van der Waals surface area contributed by atoms with Gasteiger partial charge < -0.3 is 10.2 Å². The normalized spacial score (nSPS) is 37.2. The molecule has 0 radical (unpaired) electrons. The molecule has 122 valence electrons. The summed E-state index contributed by atoms with van der Waals surface area (Å²) in [5.41, 5.74) is 4.03. The highest BCUT2D eigenvalue weighted by molar-refractivity contribution is 5.62. The summed E-state index contributed by atoms with van der Waals surface area (Å²) in [6.07, 6.45) is 7.21. The smallest absolute Gasteiger partial charge is 0.202 e. The third-order valence-corrected chi connectivity index (χ3v) is 7.31. The van der Waals surface area contributed by atoms with Crippen LogP contribution >= 0.6 is 0 Å². The molecule has 2 fully saturated rings. The van der Waals surface area contributed by atoms with Crippen LogP contribution in [-0.2, 0) is 0 Å². The monoisotopic (exact) mass is 319 g/mol. The van der Waals surface area contributed by atoms with Crippen molar-refractivity contribution in [2.75, 3.05) is 0 Å².